The maximum Gasteiger partial charge on any atom is 0.329 e. The molecule has 0 radical (unpaired) electrons. The van der Waals surface area contributed by atoms with Gasteiger partial charge in [0.15, 0.2) is 0 Å². The Morgan fingerprint density at radius 3 is 2.54 bits per heavy atom. The van der Waals surface area contributed by atoms with Crippen molar-refractivity contribution in [2.45, 2.75) is 65.6 Å². The smallest absolute Gasteiger partial charge is 0.329 e. The van der Waals surface area contributed by atoms with Crippen LogP contribution in [0.4, 0.5) is 10.5 Å². The first-order valence-electron chi connectivity index (χ1n) is 10.3. The van der Waals surface area contributed by atoms with E-state index >= 15 is 0 Å². The number of hydrogen-bond donors (Lipinski definition) is 1. The third-order valence-corrected chi connectivity index (χ3v) is 5.63. The van der Waals surface area contributed by atoms with Crippen LogP contribution in [-0.2, 0) is 17.8 Å². The van der Waals surface area contributed by atoms with Crippen molar-refractivity contribution in [3.63, 3.8) is 0 Å². The number of aryl methyl sites for hydroxylation is 3. The molecule has 1 aliphatic heterocycles. The van der Waals surface area contributed by atoms with E-state index in [-0.39, 0.29) is 11.7 Å². The molecule has 3 rings (SSSR count). The molecule has 7 nitrogen and oxygen atoms in total. The maximum absolute atomic E-state index is 12.6. The SMILES string of the molecule is CCn1c(=O)n(CC)c2cc(NC(=O)N(C)CCC[C@@H]3CCCO3)c(C)cc21. The summed E-state index contributed by atoms with van der Waals surface area (Å²) < 4.78 is 9.16. The van der Waals surface area contributed by atoms with Crippen molar-refractivity contribution in [2.75, 3.05) is 25.5 Å². The summed E-state index contributed by atoms with van der Waals surface area (Å²) >= 11 is 0. The van der Waals surface area contributed by atoms with Crippen LogP contribution in [0.15, 0.2) is 16.9 Å². The van der Waals surface area contributed by atoms with Crippen molar-refractivity contribution in [2.24, 2.45) is 0 Å². The van der Waals surface area contributed by atoms with Gasteiger partial charge in [0.25, 0.3) is 0 Å². The van der Waals surface area contributed by atoms with Gasteiger partial charge in [0.1, 0.15) is 0 Å². The summed E-state index contributed by atoms with van der Waals surface area (Å²) in [6.45, 7) is 8.67. The van der Waals surface area contributed by atoms with Crippen molar-refractivity contribution in [3.8, 4) is 0 Å². The highest BCUT2D eigenvalue weighted by Crippen LogP contribution is 2.24. The number of carbonyl (C=O) groups is 1. The molecule has 7 heteroatoms. The molecule has 1 saturated heterocycles. The van der Waals surface area contributed by atoms with Gasteiger partial charge in [0.05, 0.1) is 17.1 Å². The highest BCUT2D eigenvalue weighted by atomic mass is 16.5. The number of urea groups is 1. The van der Waals surface area contributed by atoms with Gasteiger partial charge in [-0.15, -0.1) is 0 Å². The summed E-state index contributed by atoms with van der Waals surface area (Å²) in [6.07, 6.45) is 4.56. The summed E-state index contributed by atoms with van der Waals surface area (Å²) in [4.78, 5) is 26.9. The van der Waals surface area contributed by atoms with E-state index in [9.17, 15) is 9.59 Å². The fourth-order valence-electron chi connectivity index (χ4n) is 3.95. The Bertz CT molecular complexity index is 893. The van der Waals surface area contributed by atoms with Gasteiger partial charge in [-0.05, 0) is 64.2 Å². The minimum absolute atomic E-state index is 0.00544. The van der Waals surface area contributed by atoms with Gasteiger partial charge in [-0.1, -0.05) is 0 Å². The molecule has 1 fully saturated rings. The van der Waals surface area contributed by atoms with Crippen LogP contribution in [0.5, 0.6) is 0 Å². The number of nitrogens with zero attached hydrogens (tertiary/aromatic N) is 3. The first-order chi connectivity index (χ1) is 13.5. The monoisotopic (exact) mass is 388 g/mol. The minimum atomic E-state index is -0.130. The van der Waals surface area contributed by atoms with Crippen LogP contribution in [0.3, 0.4) is 0 Å². The Morgan fingerprint density at radius 1 is 1.25 bits per heavy atom. The molecule has 28 heavy (non-hydrogen) atoms. The number of hydrogen-bond acceptors (Lipinski definition) is 3. The molecule has 1 aliphatic rings. The highest BCUT2D eigenvalue weighted by molar-refractivity contribution is 5.93. The van der Waals surface area contributed by atoms with E-state index in [1.807, 2.05) is 40.0 Å². The number of carbonyl (C=O) groups excluding carboxylic acids is 1. The maximum atomic E-state index is 12.6. The van der Waals surface area contributed by atoms with Crippen molar-refractivity contribution in [1.29, 1.82) is 0 Å². The van der Waals surface area contributed by atoms with E-state index in [2.05, 4.69) is 5.32 Å². The molecule has 2 heterocycles. The van der Waals surface area contributed by atoms with Crippen LogP contribution in [0.25, 0.3) is 11.0 Å². The minimum Gasteiger partial charge on any atom is -0.378 e. The number of fused-ring (bicyclic) bond motifs is 1. The Hall–Kier alpha value is -2.28. The summed E-state index contributed by atoms with van der Waals surface area (Å²) in [5.41, 5.74) is 3.46. The fraction of sp³-hybridized carbons (Fsp3) is 0.619. The predicted octanol–water partition coefficient (Wildman–Crippen LogP) is 3.57. The molecular formula is C21H32N4O3. The molecule has 2 amide bonds. The van der Waals surface area contributed by atoms with Crippen LogP contribution in [-0.4, -0.2) is 46.4 Å². The van der Waals surface area contributed by atoms with Crippen LogP contribution in [0, 0.1) is 6.92 Å². The quantitative estimate of drug-likeness (QED) is 0.788. The Balaban J connectivity index is 1.71. The highest BCUT2D eigenvalue weighted by Gasteiger charge is 2.18. The number of nitrogens with one attached hydrogen (secondary N) is 1. The summed E-state index contributed by atoms with van der Waals surface area (Å²) in [7, 11) is 1.81. The lowest BCUT2D eigenvalue weighted by molar-refractivity contribution is 0.101. The second kappa shape index (κ2) is 8.82. The topological polar surface area (TPSA) is 68.5 Å². The van der Waals surface area contributed by atoms with E-state index in [4.69, 9.17) is 4.74 Å². The molecular weight excluding hydrogens is 356 g/mol. The van der Waals surface area contributed by atoms with Crippen molar-refractivity contribution < 1.29 is 9.53 Å². The molecule has 0 bridgehead atoms. The van der Waals surface area contributed by atoms with Crippen molar-refractivity contribution >= 4 is 22.8 Å². The molecule has 1 N–H and O–H groups in total. The van der Waals surface area contributed by atoms with E-state index in [1.54, 1.807) is 14.0 Å². The van der Waals surface area contributed by atoms with Crippen LogP contribution in [0.2, 0.25) is 0 Å². The number of benzene rings is 1. The number of amides is 2. The van der Waals surface area contributed by atoms with E-state index in [0.717, 1.165) is 54.6 Å². The first-order valence-corrected chi connectivity index (χ1v) is 10.3. The number of aromatic nitrogens is 2. The third kappa shape index (κ3) is 4.09. The van der Waals surface area contributed by atoms with E-state index in [1.165, 1.54) is 0 Å². The molecule has 1 aromatic carbocycles. The predicted molar refractivity (Wildman–Crippen MR) is 112 cm³/mol. The fourth-order valence-corrected chi connectivity index (χ4v) is 3.95. The van der Waals surface area contributed by atoms with Crippen molar-refractivity contribution in [1.82, 2.24) is 14.0 Å². The van der Waals surface area contributed by atoms with E-state index < -0.39 is 0 Å². The van der Waals surface area contributed by atoms with Gasteiger partial charge >= 0.3 is 11.7 Å². The summed E-state index contributed by atoms with van der Waals surface area (Å²) in [5, 5.41) is 3.01. The molecule has 0 aliphatic carbocycles. The molecule has 2 aromatic rings. The normalized spacial score (nSPS) is 16.6. The average Bonchev–Trinajstić information content (AvgIpc) is 3.27. The van der Waals surface area contributed by atoms with Gasteiger partial charge in [0, 0.05) is 39.0 Å². The Morgan fingerprint density at radius 2 is 1.93 bits per heavy atom. The average molecular weight is 389 g/mol. The zero-order valence-corrected chi connectivity index (χ0v) is 17.5. The first kappa shape index (κ1) is 20.5. The summed E-state index contributed by atoms with van der Waals surface area (Å²) in [6, 6.07) is 3.77. The zero-order chi connectivity index (χ0) is 20.3. The molecule has 154 valence electrons. The molecule has 0 saturated carbocycles. The Labute approximate surface area is 166 Å². The molecule has 1 aromatic heterocycles. The molecule has 0 unspecified atom stereocenters. The largest absolute Gasteiger partial charge is 0.378 e. The lowest BCUT2D eigenvalue weighted by atomic mass is 10.1. The van der Waals surface area contributed by atoms with Gasteiger partial charge in [0.2, 0.25) is 0 Å². The lowest BCUT2D eigenvalue weighted by Gasteiger charge is -2.20. The number of imidazole rings is 1. The van der Waals surface area contributed by atoms with Gasteiger partial charge in [-0.25, -0.2) is 9.59 Å². The van der Waals surface area contributed by atoms with Gasteiger partial charge < -0.3 is 15.0 Å². The standard InChI is InChI=1S/C21H32N4O3/c1-5-24-18-13-15(3)17(14-19(18)25(6-2)21(24)27)22-20(26)23(4)11-7-9-16-10-8-12-28-16/h13-14,16H,5-12H2,1-4H3,(H,22,26)/t16-/m1/s1. The second-order valence-corrected chi connectivity index (χ2v) is 7.56. The summed E-state index contributed by atoms with van der Waals surface area (Å²) in [5.74, 6) is 0. The number of ether oxygens (including phenoxy) is 1. The molecule has 1 atom stereocenters. The van der Waals surface area contributed by atoms with Crippen molar-refractivity contribution in [3.05, 3.63) is 28.2 Å². The van der Waals surface area contributed by atoms with Crippen LogP contribution < -0.4 is 11.0 Å². The van der Waals surface area contributed by atoms with Crippen LogP contribution in [0.1, 0.15) is 45.1 Å². The number of anilines is 1. The lowest BCUT2D eigenvalue weighted by Crippen LogP contribution is -2.32. The van der Waals surface area contributed by atoms with Crippen LogP contribution >= 0.6 is 0 Å². The number of rotatable bonds is 7. The van der Waals surface area contributed by atoms with E-state index in [0.29, 0.717) is 25.7 Å². The Kier molecular flexibility index (Phi) is 6.44. The zero-order valence-electron chi connectivity index (χ0n) is 17.5. The van der Waals surface area contributed by atoms with Gasteiger partial charge in [-0.3, -0.25) is 9.13 Å². The molecule has 0 spiro atoms. The van der Waals surface area contributed by atoms with Gasteiger partial charge in [-0.2, -0.15) is 0 Å². The third-order valence-electron chi connectivity index (χ3n) is 5.63. The second-order valence-electron chi connectivity index (χ2n) is 7.56.